The predicted molar refractivity (Wildman–Crippen MR) is 55.8 cm³/mol. The van der Waals surface area contributed by atoms with Crippen molar-refractivity contribution in [3.05, 3.63) is 16.3 Å². The Bertz CT molecular complexity index is 392. The fourth-order valence-corrected chi connectivity index (χ4v) is 2.10. The summed E-state index contributed by atoms with van der Waals surface area (Å²) in [6, 6.07) is 1.80. The van der Waals surface area contributed by atoms with Crippen molar-refractivity contribution in [2.45, 2.75) is 6.92 Å². The van der Waals surface area contributed by atoms with Gasteiger partial charge in [-0.25, -0.2) is 5.06 Å². The van der Waals surface area contributed by atoms with E-state index in [-0.39, 0.29) is 25.0 Å². The summed E-state index contributed by atoms with van der Waals surface area (Å²) in [7, 11) is 0. The Morgan fingerprint density at radius 1 is 1.67 bits per heavy atom. The van der Waals surface area contributed by atoms with Crippen molar-refractivity contribution < 1.29 is 14.4 Å². The van der Waals surface area contributed by atoms with Crippen molar-refractivity contribution in [1.82, 2.24) is 5.32 Å². The van der Waals surface area contributed by atoms with E-state index in [0.29, 0.717) is 10.6 Å². The molecule has 2 rings (SSSR count). The van der Waals surface area contributed by atoms with E-state index < -0.39 is 0 Å². The summed E-state index contributed by atoms with van der Waals surface area (Å²) in [6.45, 7) is 1.78. The molecule has 1 fully saturated rings. The van der Waals surface area contributed by atoms with E-state index in [1.807, 2.05) is 5.38 Å². The minimum absolute atomic E-state index is 0.000463. The topological polar surface area (TPSA) is 58.6 Å². The molecular weight excluding hydrogens is 216 g/mol. The number of rotatable bonds is 2. The number of hydroxylamine groups is 1. The summed E-state index contributed by atoms with van der Waals surface area (Å²) in [5.41, 5.74) is 0.715. The smallest absolute Gasteiger partial charge is 0.250 e. The lowest BCUT2D eigenvalue weighted by atomic mass is 10.3. The molecule has 2 heterocycles. The van der Waals surface area contributed by atoms with Crippen LogP contribution in [0.5, 0.6) is 0 Å². The average molecular weight is 226 g/mol. The van der Waals surface area contributed by atoms with Crippen LogP contribution in [0.4, 0.5) is 5.69 Å². The number of carbonyl (C=O) groups excluding carboxylic acids is 2. The fourth-order valence-electron chi connectivity index (χ4n) is 1.31. The molecule has 15 heavy (non-hydrogen) atoms. The summed E-state index contributed by atoms with van der Waals surface area (Å²) in [5.74, 6) is -0.147. The van der Waals surface area contributed by atoms with Crippen LogP contribution in [0.2, 0.25) is 0 Å². The molecule has 0 spiro atoms. The second-order valence-corrected chi connectivity index (χ2v) is 4.02. The van der Waals surface area contributed by atoms with Crippen LogP contribution in [0.1, 0.15) is 16.6 Å². The minimum atomic E-state index is -0.147. The molecule has 0 saturated carbocycles. The van der Waals surface area contributed by atoms with E-state index >= 15 is 0 Å². The van der Waals surface area contributed by atoms with E-state index in [2.05, 4.69) is 5.32 Å². The van der Waals surface area contributed by atoms with E-state index in [1.165, 1.54) is 23.3 Å². The van der Waals surface area contributed by atoms with Crippen LogP contribution in [-0.2, 0) is 9.63 Å². The molecule has 0 aromatic carbocycles. The second-order valence-electron chi connectivity index (χ2n) is 3.10. The quantitative estimate of drug-likeness (QED) is 0.757. The molecule has 0 bridgehead atoms. The standard InChI is InChI=1S/C9H10N2O3S/c1-6(12)9-7(2-3-15-9)11-5-10-8(13)4-14-11/h2-3H,4-5H2,1H3,(H,10,13). The monoisotopic (exact) mass is 226 g/mol. The number of thiophene rings is 1. The van der Waals surface area contributed by atoms with Crippen molar-refractivity contribution in [3.63, 3.8) is 0 Å². The minimum Gasteiger partial charge on any atom is -0.334 e. The predicted octanol–water partition coefficient (Wildman–Crippen LogP) is 0.776. The highest BCUT2D eigenvalue weighted by Gasteiger charge is 2.21. The SMILES string of the molecule is CC(=O)c1sccc1N1CNC(=O)CO1. The summed E-state index contributed by atoms with van der Waals surface area (Å²) >= 11 is 1.37. The van der Waals surface area contributed by atoms with Crippen LogP contribution < -0.4 is 10.4 Å². The Hall–Kier alpha value is -1.40. The number of nitrogens with one attached hydrogen (secondary N) is 1. The maximum atomic E-state index is 11.3. The number of hydrogen-bond acceptors (Lipinski definition) is 5. The van der Waals surface area contributed by atoms with Gasteiger partial charge in [-0.1, -0.05) is 0 Å². The van der Waals surface area contributed by atoms with Crippen LogP contribution in [-0.4, -0.2) is 25.0 Å². The molecule has 1 saturated heterocycles. The number of carbonyl (C=O) groups is 2. The molecule has 1 amide bonds. The van der Waals surface area contributed by atoms with Crippen molar-refractivity contribution in [1.29, 1.82) is 0 Å². The van der Waals surface area contributed by atoms with Crippen LogP contribution in [0.25, 0.3) is 0 Å². The fraction of sp³-hybridized carbons (Fsp3) is 0.333. The van der Waals surface area contributed by atoms with Crippen LogP contribution in [0.15, 0.2) is 11.4 Å². The zero-order chi connectivity index (χ0) is 10.8. The molecule has 0 radical (unpaired) electrons. The molecule has 0 unspecified atom stereocenters. The Labute approximate surface area is 90.6 Å². The molecule has 1 aliphatic rings. The van der Waals surface area contributed by atoms with Gasteiger partial charge in [0.25, 0.3) is 0 Å². The van der Waals surface area contributed by atoms with Gasteiger partial charge < -0.3 is 5.32 Å². The Balaban J connectivity index is 2.19. The highest BCUT2D eigenvalue weighted by atomic mass is 32.1. The maximum absolute atomic E-state index is 11.3. The van der Waals surface area contributed by atoms with Gasteiger partial charge in [-0.15, -0.1) is 11.3 Å². The highest BCUT2D eigenvalue weighted by molar-refractivity contribution is 7.12. The average Bonchev–Trinajstić information content (AvgIpc) is 2.67. The van der Waals surface area contributed by atoms with E-state index in [1.54, 1.807) is 6.07 Å². The van der Waals surface area contributed by atoms with Crippen molar-refractivity contribution in [2.24, 2.45) is 0 Å². The van der Waals surface area contributed by atoms with Gasteiger partial charge in [0.1, 0.15) is 6.67 Å². The van der Waals surface area contributed by atoms with Crippen LogP contribution in [0.3, 0.4) is 0 Å². The molecular formula is C9H10N2O3S. The van der Waals surface area contributed by atoms with Crippen molar-refractivity contribution >= 4 is 28.7 Å². The van der Waals surface area contributed by atoms with Gasteiger partial charge in [-0.3, -0.25) is 14.4 Å². The number of Topliss-reactive ketones (excluding diaryl/α,β-unsaturated/α-hetero) is 1. The Kier molecular flexibility index (Phi) is 2.70. The Morgan fingerprint density at radius 2 is 2.47 bits per heavy atom. The third-order valence-corrected chi connectivity index (χ3v) is 3.01. The number of amides is 1. The maximum Gasteiger partial charge on any atom is 0.250 e. The van der Waals surface area contributed by atoms with Crippen LogP contribution >= 0.6 is 11.3 Å². The highest BCUT2D eigenvalue weighted by Crippen LogP contribution is 2.27. The first-order valence-electron chi connectivity index (χ1n) is 4.44. The van der Waals surface area contributed by atoms with Gasteiger partial charge in [0, 0.05) is 6.92 Å². The van der Waals surface area contributed by atoms with Gasteiger partial charge in [0.15, 0.2) is 12.4 Å². The van der Waals surface area contributed by atoms with Gasteiger partial charge >= 0.3 is 0 Å². The molecule has 0 aliphatic carbocycles. The molecule has 80 valence electrons. The first kappa shape index (κ1) is 10.1. The largest absolute Gasteiger partial charge is 0.334 e. The number of hydrogen-bond donors (Lipinski definition) is 1. The second kappa shape index (κ2) is 4.00. The van der Waals surface area contributed by atoms with Gasteiger partial charge in [-0.05, 0) is 11.4 Å². The molecule has 1 N–H and O–H groups in total. The third kappa shape index (κ3) is 2.00. The zero-order valence-corrected chi connectivity index (χ0v) is 8.97. The zero-order valence-electron chi connectivity index (χ0n) is 8.15. The van der Waals surface area contributed by atoms with E-state index in [0.717, 1.165) is 0 Å². The number of anilines is 1. The van der Waals surface area contributed by atoms with E-state index in [4.69, 9.17) is 4.84 Å². The number of nitrogens with zero attached hydrogens (tertiary/aromatic N) is 1. The number of ketones is 1. The summed E-state index contributed by atoms with van der Waals surface area (Å²) in [4.78, 5) is 28.0. The molecule has 1 aromatic heterocycles. The Morgan fingerprint density at radius 3 is 3.07 bits per heavy atom. The normalized spacial score (nSPS) is 16.3. The van der Waals surface area contributed by atoms with Gasteiger partial charge in [0.2, 0.25) is 5.91 Å². The van der Waals surface area contributed by atoms with Gasteiger partial charge in [-0.2, -0.15) is 0 Å². The molecule has 5 nitrogen and oxygen atoms in total. The van der Waals surface area contributed by atoms with Crippen molar-refractivity contribution in [2.75, 3.05) is 18.3 Å². The molecule has 6 heteroatoms. The van der Waals surface area contributed by atoms with Crippen molar-refractivity contribution in [3.8, 4) is 0 Å². The first-order valence-corrected chi connectivity index (χ1v) is 5.32. The van der Waals surface area contributed by atoms with Crippen LogP contribution in [0, 0.1) is 0 Å². The summed E-state index contributed by atoms with van der Waals surface area (Å²) in [6.07, 6.45) is 0. The lowest BCUT2D eigenvalue weighted by Crippen LogP contribution is -2.46. The molecule has 1 aliphatic heterocycles. The summed E-state index contributed by atoms with van der Waals surface area (Å²) in [5, 5.41) is 5.99. The summed E-state index contributed by atoms with van der Waals surface area (Å²) < 4.78 is 0. The third-order valence-electron chi connectivity index (χ3n) is 2.00. The van der Waals surface area contributed by atoms with E-state index in [9.17, 15) is 9.59 Å². The lowest BCUT2D eigenvalue weighted by molar-refractivity contribution is -0.130. The lowest BCUT2D eigenvalue weighted by Gasteiger charge is -2.27. The van der Waals surface area contributed by atoms with Gasteiger partial charge in [0.05, 0.1) is 10.6 Å². The molecule has 0 atom stereocenters. The first-order chi connectivity index (χ1) is 7.18. The molecule has 1 aromatic rings.